The molecule has 5 N–H and O–H groups in total. The molecule has 1 fully saturated rings. The van der Waals surface area contributed by atoms with Gasteiger partial charge in [-0.3, -0.25) is 0 Å². The average molecular weight is 395 g/mol. The van der Waals surface area contributed by atoms with E-state index in [9.17, 15) is 9.90 Å². The second-order valence-electron chi connectivity index (χ2n) is 6.97. The Kier molecular flexibility index (Phi) is 5.02. The van der Waals surface area contributed by atoms with Crippen molar-refractivity contribution < 1.29 is 9.90 Å². The Labute approximate surface area is 167 Å². The monoisotopic (exact) mass is 394 g/mol. The summed E-state index contributed by atoms with van der Waals surface area (Å²) in [5.74, 6) is -0.186. The summed E-state index contributed by atoms with van der Waals surface area (Å²) in [4.78, 5) is 19.3. The van der Waals surface area contributed by atoms with Gasteiger partial charge in [0.05, 0.1) is 5.69 Å². The van der Waals surface area contributed by atoms with E-state index in [1.54, 1.807) is 0 Å². The van der Waals surface area contributed by atoms with Crippen molar-refractivity contribution in [3.63, 3.8) is 0 Å². The molecule has 0 spiro atoms. The molecule has 7 heteroatoms. The lowest BCUT2D eigenvalue weighted by atomic mass is 10.0. The molecular formula is C21H22N4O2S. The first kappa shape index (κ1) is 18.5. The lowest BCUT2D eigenvalue weighted by Crippen LogP contribution is -2.40. The molecule has 1 aliphatic rings. The second kappa shape index (κ2) is 7.61. The summed E-state index contributed by atoms with van der Waals surface area (Å²) in [5.41, 5.74) is 14.4. The molecule has 4 rings (SSSR count). The molecule has 0 amide bonds. The van der Waals surface area contributed by atoms with Gasteiger partial charge in [0.1, 0.15) is 15.5 Å². The number of nitrogens with two attached hydrogens (primary N) is 2. The SMILES string of the molecule is Nc1c(C(=O)O)sc2nc(N3CCC(N)CC3)cc(/C=C/c3ccccc3)c12. The normalized spacial score (nSPS) is 15.5. The van der Waals surface area contributed by atoms with Crippen molar-refractivity contribution in [1.82, 2.24) is 4.98 Å². The number of nitrogen functional groups attached to an aromatic ring is 1. The Balaban J connectivity index is 1.82. The molecular weight excluding hydrogens is 372 g/mol. The van der Waals surface area contributed by atoms with Crippen LogP contribution in [0.25, 0.3) is 22.4 Å². The summed E-state index contributed by atoms with van der Waals surface area (Å²) in [5, 5.41) is 10.2. The number of anilines is 2. The fourth-order valence-electron chi connectivity index (χ4n) is 3.47. The molecule has 6 nitrogen and oxygen atoms in total. The smallest absolute Gasteiger partial charge is 0.348 e. The number of fused-ring (bicyclic) bond motifs is 1. The maximum absolute atomic E-state index is 11.6. The molecule has 144 valence electrons. The zero-order chi connectivity index (χ0) is 19.7. The fraction of sp³-hybridized carbons (Fsp3) is 0.238. The molecule has 0 saturated carbocycles. The van der Waals surface area contributed by atoms with Crippen molar-refractivity contribution >= 4 is 51.2 Å². The van der Waals surface area contributed by atoms with E-state index in [0.717, 1.165) is 54.2 Å². The van der Waals surface area contributed by atoms with E-state index in [1.165, 1.54) is 0 Å². The number of aromatic nitrogens is 1. The third kappa shape index (κ3) is 3.58. The number of carboxylic acid groups (broad SMARTS) is 1. The fourth-order valence-corrected chi connectivity index (χ4v) is 4.43. The average Bonchev–Trinajstić information content (AvgIpc) is 3.04. The Morgan fingerprint density at radius 1 is 1.21 bits per heavy atom. The van der Waals surface area contributed by atoms with Crippen molar-refractivity contribution in [3.05, 3.63) is 52.4 Å². The van der Waals surface area contributed by atoms with E-state index in [2.05, 4.69) is 4.90 Å². The molecule has 0 bridgehead atoms. The van der Waals surface area contributed by atoms with E-state index in [-0.39, 0.29) is 16.6 Å². The number of pyridine rings is 1. The van der Waals surface area contributed by atoms with E-state index in [4.69, 9.17) is 16.5 Å². The Bertz CT molecular complexity index is 1040. The first-order valence-corrected chi connectivity index (χ1v) is 10.0. The minimum absolute atomic E-state index is 0.134. The lowest BCUT2D eigenvalue weighted by Gasteiger charge is -2.31. The van der Waals surface area contributed by atoms with Gasteiger partial charge in [-0.15, -0.1) is 11.3 Å². The standard InChI is InChI=1S/C21H22N4O2S/c22-15-8-10-25(11-9-15)16-12-14(7-6-13-4-2-1-3-5-13)17-18(23)19(21(26)27)28-20(17)24-16/h1-7,12,15H,8-11,22-23H2,(H,26,27)/b7-6+. The van der Waals surface area contributed by atoms with Crippen molar-refractivity contribution in [2.45, 2.75) is 18.9 Å². The number of carbonyl (C=O) groups is 1. The van der Waals surface area contributed by atoms with Crippen LogP contribution in [0.4, 0.5) is 11.5 Å². The molecule has 3 aromatic rings. The molecule has 3 heterocycles. The highest BCUT2D eigenvalue weighted by Crippen LogP contribution is 2.38. The van der Waals surface area contributed by atoms with Crippen LogP contribution in [0.5, 0.6) is 0 Å². The second-order valence-corrected chi connectivity index (χ2v) is 7.97. The molecule has 0 aliphatic carbocycles. The number of thiophene rings is 1. The zero-order valence-corrected chi connectivity index (χ0v) is 16.2. The highest BCUT2D eigenvalue weighted by atomic mass is 32.1. The van der Waals surface area contributed by atoms with Gasteiger partial charge in [-0.1, -0.05) is 42.5 Å². The van der Waals surface area contributed by atoms with Crippen LogP contribution < -0.4 is 16.4 Å². The van der Waals surface area contributed by atoms with Gasteiger partial charge in [0.25, 0.3) is 0 Å². The quantitative estimate of drug-likeness (QED) is 0.623. The van der Waals surface area contributed by atoms with Gasteiger partial charge < -0.3 is 21.5 Å². The third-order valence-electron chi connectivity index (χ3n) is 5.03. The number of piperidine rings is 1. The summed E-state index contributed by atoms with van der Waals surface area (Å²) in [6.07, 6.45) is 5.82. The molecule has 1 saturated heterocycles. The minimum atomic E-state index is -1.02. The summed E-state index contributed by atoms with van der Waals surface area (Å²) in [6.45, 7) is 1.68. The van der Waals surface area contributed by atoms with E-state index < -0.39 is 5.97 Å². The van der Waals surface area contributed by atoms with Crippen LogP contribution in [0.3, 0.4) is 0 Å². The maximum Gasteiger partial charge on any atom is 0.348 e. The number of hydrogen-bond donors (Lipinski definition) is 3. The van der Waals surface area contributed by atoms with Crippen LogP contribution in [-0.4, -0.2) is 35.2 Å². The Morgan fingerprint density at radius 3 is 2.61 bits per heavy atom. The maximum atomic E-state index is 11.6. The summed E-state index contributed by atoms with van der Waals surface area (Å²) in [7, 11) is 0. The highest BCUT2D eigenvalue weighted by Gasteiger charge is 2.22. The predicted octanol–water partition coefficient (Wildman–Crippen LogP) is 3.67. The van der Waals surface area contributed by atoms with Gasteiger partial charge in [0.2, 0.25) is 0 Å². The van der Waals surface area contributed by atoms with E-state index in [1.807, 2.05) is 48.6 Å². The van der Waals surface area contributed by atoms with Gasteiger partial charge in [-0.2, -0.15) is 0 Å². The van der Waals surface area contributed by atoms with Gasteiger partial charge >= 0.3 is 5.97 Å². The van der Waals surface area contributed by atoms with Crippen molar-refractivity contribution in [1.29, 1.82) is 0 Å². The predicted molar refractivity (Wildman–Crippen MR) is 116 cm³/mol. The lowest BCUT2D eigenvalue weighted by molar-refractivity contribution is 0.0703. The number of carboxylic acids is 1. The van der Waals surface area contributed by atoms with Gasteiger partial charge in [0, 0.05) is 24.5 Å². The minimum Gasteiger partial charge on any atom is -0.477 e. The summed E-state index contributed by atoms with van der Waals surface area (Å²) in [6, 6.07) is 12.2. The van der Waals surface area contributed by atoms with Crippen molar-refractivity contribution in [2.24, 2.45) is 5.73 Å². The molecule has 0 unspecified atom stereocenters. The molecule has 1 aromatic carbocycles. The number of hydrogen-bond acceptors (Lipinski definition) is 6. The van der Waals surface area contributed by atoms with Crippen LogP contribution >= 0.6 is 11.3 Å². The third-order valence-corrected chi connectivity index (χ3v) is 6.12. The molecule has 28 heavy (non-hydrogen) atoms. The number of benzene rings is 1. The van der Waals surface area contributed by atoms with E-state index in [0.29, 0.717) is 10.2 Å². The van der Waals surface area contributed by atoms with Crippen LogP contribution in [-0.2, 0) is 0 Å². The van der Waals surface area contributed by atoms with Gasteiger partial charge in [-0.05, 0) is 30.0 Å². The highest BCUT2D eigenvalue weighted by molar-refractivity contribution is 7.21. The van der Waals surface area contributed by atoms with Crippen LogP contribution in [0.2, 0.25) is 0 Å². The van der Waals surface area contributed by atoms with Crippen LogP contribution in [0.15, 0.2) is 36.4 Å². The van der Waals surface area contributed by atoms with Crippen LogP contribution in [0.1, 0.15) is 33.6 Å². The first-order valence-electron chi connectivity index (χ1n) is 9.23. The summed E-state index contributed by atoms with van der Waals surface area (Å²) >= 11 is 1.13. The molecule has 2 aromatic heterocycles. The largest absolute Gasteiger partial charge is 0.477 e. The van der Waals surface area contributed by atoms with Gasteiger partial charge in [-0.25, -0.2) is 9.78 Å². The van der Waals surface area contributed by atoms with Crippen molar-refractivity contribution in [3.8, 4) is 0 Å². The molecule has 1 aliphatic heterocycles. The Hall–Kier alpha value is -2.90. The topological polar surface area (TPSA) is 105 Å². The first-order chi connectivity index (χ1) is 13.5. The number of aromatic carboxylic acids is 1. The number of rotatable bonds is 4. The molecule has 0 atom stereocenters. The van der Waals surface area contributed by atoms with E-state index >= 15 is 0 Å². The zero-order valence-electron chi connectivity index (χ0n) is 15.3. The van der Waals surface area contributed by atoms with Crippen LogP contribution in [0, 0.1) is 0 Å². The number of nitrogens with zero attached hydrogens (tertiary/aromatic N) is 2. The van der Waals surface area contributed by atoms with Crippen molar-refractivity contribution in [2.75, 3.05) is 23.7 Å². The Morgan fingerprint density at radius 2 is 1.93 bits per heavy atom. The van der Waals surface area contributed by atoms with Gasteiger partial charge in [0.15, 0.2) is 0 Å². The molecule has 0 radical (unpaired) electrons. The summed E-state index contributed by atoms with van der Waals surface area (Å²) < 4.78 is 0.